The highest BCUT2D eigenvalue weighted by Gasteiger charge is 2.59. The van der Waals surface area contributed by atoms with E-state index in [0.29, 0.717) is 35.3 Å². The summed E-state index contributed by atoms with van der Waals surface area (Å²) in [4.78, 5) is 38.0. The molecule has 0 saturated carbocycles. The molecule has 0 spiro atoms. The number of benzene rings is 2. The van der Waals surface area contributed by atoms with Crippen LogP contribution in [0.3, 0.4) is 0 Å². The van der Waals surface area contributed by atoms with E-state index in [0.717, 1.165) is 38.8 Å². The van der Waals surface area contributed by atoms with Gasteiger partial charge in [-0.05, 0) is 121 Å². The van der Waals surface area contributed by atoms with Crippen LogP contribution in [0.15, 0.2) is 65.7 Å². The maximum Gasteiger partial charge on any atom is 0.318 e. The molecule has 0 radical (unpaired) electrons. The molecule has 1 unspecified atom stereocenters. The predicted octanol–water partition coefficient (Wildman–Crippen LogP) is 5.27. The minimum absolute atomic E-state index is 0.00310. The lowest BCUT2D eigenvalue weighted by Gasteiger charge is -2.42. The molecule has 270 valence electrons. The normalized spacial score (nSPS) is 20.3. The van der Waals surface area contributed by atoms with Crippen LogP contribution in [0.5, 0.6) is 11.6 Å². The van der Waals surface area contributed by atoms with Crippen molar-refractivity contribution < 1.29 is 27.5 Å². The lowest BCUT2D eigenvalue weighted by Crippen LogP contribution is -2.58. The first-order valence-electron chi connectivity index (χ1n) is 17.8. The molecule has 6 rings (SSSR count). The third-order valence-corrected chi connectivity index (χ3v) is 12.2. The van der Waals surface area contributed by atoms with Crippen LogP contribution >= 0.6 is 0 Å². The summed E-state index contributed by atoms with van der Waals surface area (Å²) in [5.74, 6) is 0.291. The topological polar surface area (TPSA) is 145 Å². The van der Waals surface area contributed by atoms with Crippen LogP contribution < -0.4 is 19.1 Å². The van der Waals surface area contributed by atoms with Gasteiger partial charge < -0.3 is 24.6 Å². The number of pyridine rings is 1. The highest BCUT2D eigenvalue weighted by Crippen LogP contribution is 2.50. The molecule has 0 aliphatic carbocycles. The largest absolute Gasteiger partial charge is 0.492 e. The van der Waals surface area contributed by atoms with Crippen LogP contribution in [0.1, 0.15) is 70.1 Å². The highest BCUT2D eigenvalue weighted by atomic mass is 32.2. The zero-order chi connectivity index (χ0) is 36.3. The summed E-state index contributed by atoms with van der Waals surface area (Å²) in [5, 5.41) is 13.0. The van der Waals surface area contributed by atoms with E-state index in [4.69, 9.17) is 9.47 Å². The van der Waals surface area contributed by atoms with Gasteiger partial charge in [0.25, 0.3) is 15.9 Å². The van der Waals surface area contributed by atoms with Crippen molar-refractivity contribution in [2.75, 3.05) is 43.7 Å². The minimum Gasteiger partial charge on any atom is -0.492 e. The Balaban J connectivity index is 1.40. The molecule has 1 aromatic heterocycles. The van der Waals surface area contributed by atoms with Gasteiger partial charge in [-0.2, -0.15) is 9.57 Å². The van der Waals surface area contributed by atoms with Crippen LogP contribution in [0.4, 0.5) is 10.5 Å². The molecule has 3 aliphatic rings. The second-order valence-electron chi connectivity index (χ2n) is 13.6. The van der Waals surface area contributed by atoms with Gasteiger partial charge in [0.2, 0.25) is 5.88 Å². The number of hydrogen-bond donors (Lipinski definition) is 1. The minimum atomic E-state index is -4.62. The Hall–Kier alpha value is -4.67. The fourth-order valence-corrected chi connectivity index (χ4v) is 9.43. The number of nitrogens with one attached hydrogen (secondary N) is 1. The molecule has 2 fully saturated rings. The SMILES string of the molecule is CCOc1ccccc1S(=O)(=O)N1C(=O)C(NC(=O)N2CCC(C3CCN(C(C)C)CC3)CC2)(c2cccnc2OCC)c2cc(C#N)ccc21. The van der Waals surface area contributed by atoms with E-state index in [1.807, 2.05) is 0 Å². The third kappa shape index (κ3) is 6.63. The molecular formula is C38H46N6O6S. The van der Waals surface area contributed by atoms with E-state index in [1.54, 1.807) is 43.0 Å². The number of likely N-dealkylation sites (tertiary alicyclic amines) is 2. The fraction of sp³-hybridized carbons (Fsp3) is 0.474. The van der Waals surface area contributed by atoms with Gasteiger partial charge in [0.15, 0.2) is 5.54 Å². The Morgan fingerprint density at radius 2 is 1.63 bits per heavy atom. The van der Waals surface area contributed by atoms with Gasteiger partial charge in [-0.25, -0.2) is 18.2 Å². The maximum absolute atomic E-state index is 15.2. The Bertz CT molecular complexity index is 1910. The Morgan fingerprint density at radius 3 is 2.27 bits per heavy atom. The van der Waals surface area contributed by atoms with Crippen molar-refractivity contribution in [1.29, 1.82) is 5.26 Å². The van der Waals surface area contributed by atoms with Crippen molar-refractivity contribution in [1.82, 2.24) is 20.1 Å². The van der Waals surface area contributed by atoms with E-state index >= 15 is 4.79 Å². The first-order valence-corrected chi connectivity index (χ1v) is 19.3. The molecule has 3 aromatic rings. The summed E-state index contributed by atoms with van der Waals surface area (Å²) in [6.45, 7) is 11.5. The number of hydrogen-bond acceptors (Lipinski definition) is 9. The van der Waals surface area contributed by atoms with Gasteiger partial charge in [0, 0.05) is 30.9 Å². The third-order valence-electron chi connectivity index (χ3n) is 10.5. The van der Waals surface area contributed by atoms with Crippen LogP contribution in [0.25, 0.3) is 0 Å². The number of anilines is 1. The second kappa shape index (κ2) is 14.9. The Morgan fingerprint density at radius 1 is 0.961 bits per heavy atom. The van der Waals surface area contributed by atoms with Crippen molar-refractivity contribution in [2.45, 2.75) is 69.9 Å². The first kappa shape index (κ1) is 36.1. The summed E-state index contributed by atoms with van der Waals surface area (Å²) in [6, 6.07) is 15.7. The average Bonchev–Trinajstić information content (AvgIpc) is 3.39. The highest BCUT2D eigenvalue weighted by molar-refractivity contribution is 7.93. The van der Waals surface area contributed by atoms with E-state index in [2.05, 4.69) is 35.1 Å². The zero-order valence-corrected chi connectivity index (χ0v) is 30.5. The van der Waals surface area contributed by atoms with Gasteiger partial charge in [-0.3, -0.25) is 4.79 Å². The molecule has 2 saturated heterocycles. The van der Waals surface area contributed by atoms with Gasteiger partial charge >= 0.3 is 6.03 Å². The molecule has 3 amide bonds. The zero-order valence-electron chi connectivity index (χ0n) is 29.7. The maximum atomic E-state index is 15.2. The Kier molecular flexibility index (Phi) is 10.6. The quantitative estimate of drug-likeness (QED) is 0.297. The van der Waals surface area contributed by atoms with Gasteiger partial charge in [0.1, 0.15) is 10.6 Å². The molecular weight excluding hydrogens is 669 g/mol. The standard InChI is InChI=1S/C38H46N6O6S/c1-5-49-33-11-7-8-12-34(33)51(47,48)44-32-14-13-27(25-39)24-31(32)38(36(44)45,30-10-9-19-40-35(30)50-6-2)41-37(46)43-22-17-29(18-23-43)28-15-20-42(21-16-28)26(3)4/h7-14,19,24,26,28-29H,5-6,15-18,20-23H2,1-4H3,(H,41,46). The van der Waals surface area contributed by atoms with E-state index in [1.165, 1.54) is 36.5 Å². The number of urea groups is 1. The van der Waals surface area contributed by atoms with E-state index in [9.17, 15) is 18.5 Å². The van der Waals surface area contributed by atoms with Gasteiger partial charge in [0.05, 0.1) is 36.1 Å². The summed E-state index contributed by atoms with van der Waals surface area (Å²) in [7, 11) is -4.62. The van der Waals surface area contributed by atoms with Crippen LogP contribution in [-0.2, 0) is 20.4 Å². The van der Waals surface area contributed by atoms with E-state index < -0.39 is 27.5 Å². The summed E-state index contributed by atoms with van der Waals surface area (Å²) in [6.07, 6.45) is 5.45. The monoisotopic (exact) mass is 714 g/mol. The first-order chi connectivity index (χ1) is 24.6. The Labute approximate surface area is 300 Å². The van der Waals surface area contributed by atoms with Crippen LogP contribution in [0.2, 0.25) is 0 Å². The lowest BCUT2D eigenvalue weighted by molar-refractivity contribution is -0.121. The molecule has 3 aliphatic heterocycles. The predicted molar refractivity (Wildman–Crippen MR) is 192 cm³/mol. The van der Waals surface area contributed by atoms with Crippen LogP contribution in [0, 0.1) is 23.2 Å². The number of para-hydroxylation sites is 1. The number of sulfonamides is 1. The number of aromatic nitrogens is 1. The molecule has 51 heavy (non-hydrogen) atoms. The number of carbonyl (C=O) groups is 2. The number of fused-ring (bicyclic) bond motifs is 1. The van der Waals surface area contributed by atoms with E-state index in [-0.39, 0.29) is 52.1 Å². The van der Waals surface area contributed by atoms with Crippen LogP contribution in [-0.4, -0.2) is 80.6 Å². The number of carbonyl (C=O) groups excluding carboxylic acids is 2. The van der Waals surface area contributed by atoms with Gasteiger partial charge in [-0.1, -0.05) is 12.1 Å². The number of amides is 3. The average molecular weight is 715 g/mol. The molecule has 1 N–H and O–H groups in total. The summed E-state index contributed by atoms with van der Waals surface area (Å²) in [5.41, 5.74) is -1.64. The fourth-order valence-electron chi connectivity index (χ4n) is 7.83. The number of piperidine rings is 2. The van der Waals surface area contributed by atoms with Crippen molar-refractivity contribution in [2.24, 2.45) is 11.8 Å². The van der Waals surface area contributed by atoms with Crippen molar-refractivity contribution >= 4 is 27.6 Å². The number of rotatable bonds is 10. The smallest absolute Gasteiger partial charge is 0.318 e. The molecule has 2 aromatic carbocycles. The number of nitrogens with zero attached hydrogens (tertiary/aromatic N) is 5. The molecule has 12 nitrogen and oxygen atoms in total. The van der Waals surface area contributed by atoms with Crippen molar-refractivity contribution in [3.63, 3.8) is 0 Å². The summed E-state index contributed by atoms with van der Waals surface area (Å²) < 4.78 is 41.5. The number of nitriles is 1. The molecule has 0 bridgehead atoms. The summed E-state index contributed by atoms with van der Waals surface area (Å²) >= 11 is 0. The molecule has 13 heteroatoms. The number of ether oxygens (including phenoxy) is 2. The molecule has 1 atom stereocenters. The second-order valence-corrected chi connectivity index (χ2v) is 15.3. The lowest BCUT2D eigenvalue weighted by atomic mass is 9.78. The van der Waals surface area contributed by atoms with Crippen molar-refractivity contribution in [3.05, 3.63) is 77.5 Å². The van der Waals surface area contributed by atoms with Crippen molar-refractivity contribution in [3.8, 4) is 17.7 Å². The molecule has 4 heterocycles. The van der Waals surface area contributed by atoms with Gasteiger partial charge in [-0.15, -0.1) is 0 Å².